The van der Waals surface area contributed by atoms with Crippen LogP contribution in [0.2, 0.25) is 0 Å². The molecule has 1 unspecified atom stereocenters. The smallest absolute Gasteiger partial charge is 0.419 e. The number of alkyl halides is 3. The number of nitrogens with zero attached hydrogens (tertiary/aromatic N) is 2. The van der Waals surface area contributed by atoms with Crippen molar-refractivity contribution in [2.45, 2.75) is 44.8 Å². The SMILES string of the molecule is COc1ccc(C#N)cc1C(C)Nc1ncc(C(=O)NC[C@H]2CC[C@H](C(=O)OC)CC2)cc1C(F)(F)F. The number of aromatic nitrogens is 1. The molecule has 1 aliphatic rings. The van der Waals surface area contributed by atoms with E-state index in [1.807, 2.05) is 6.07 Å². The normalized spacial score (nSPS) is 18.3. The first-order chi connectivity index (χ1) is 17.6. The van der Waals surface area contributed by atoms with Crippen molar-refractivity contribution in [3.05, 3.63) is 52.7 Å². The molecule has 1 aliphatic carbocycles. The van der Waals surface area contributed by atoms with Gasteiger partial charge in [0.15, 0.2) is 0 Å². The first kappa shape index (κ1) is 27.8. The summed E-state index contributed by atoms with van der Waals surface area (Å²) in [6.07, 6.45) is -0.958. The molecule has 1 amide bonds. The number of carbonyl (C=O) groups excluding carboxylic acids is 2. The van der Waals surface area contributed by atoms with Gasteiger partial charge < -0.3 is 20.1 Å². The van der Waals surface area contributed by atoms with Crippen molar-refractivity contribution in [1.82, 2.24) is 10.3 Å². The molecule has 0 aliphatic heterocycles. The molecule has 1 saturated carbocycles. The molecule has 37 heavy (non-hydrogen) atoms. The van der Waals surface area contributed by atoms with E-state index in [-0.39, 0.29) is 23.4 Å². The molecule has 11 heteroatoms. The molecule has 1 fully saturated rings. The van der Waals surface area contributed by atoms with Gasteiger partial charge in [-0.25, -0.2) is 4.98 Å². The molecule has 0 spiro atoms. The fraction of sp³-hybridized carbons (Fsp3) is 0.462. The lowest BCUT2D eigenvalue weighted by atomic mass is 9.82. The summed E-state index contributed by atoms with van der Waals surface area (Å²) >= 11 is 0. The summed E-state index contributed by atoms with van der Waals surface area (Å²) in [7, 11) is 2.78. The number of ether oxygens (including phenoxy) is 2. The van der Waals surface area contributed by atoms with Crippen molar-refractivity contribution in [2.75, 3.05) is 26.1 Å². The molecule has 0 bridgehead atoms. The Kier molecular flexibility index (Phi) is 8.97. The Morgan fingerprint density at radius 3 is 2.49 bits per heavy atom. The van der Waals surface area contributed by atoms with Gasteiger partial charge in [0.25, 0.3) is 5.91 Å². The lowest BCUT2D eigenvalue weighted by Gasteiger charge is -2.27. The monoisotopic (exact) mass is 518 g/mol. The second kappa shape index (κ2) is 12.0. The number of esters is 1. The lowest BCUT2D eigenvalue weighted by Crippen LogP contribution is -2.33. The second-order valence-corrected chi connectivity index (χ2v) is 9.00. The van der Waals surface area contributed by atoms with Crippen molar-refractivity contribution in [2.24, 2.45) is 11.8 Å². The Hall–Kier alpha value is -3.81. The standard InChI is InChI=1S/C26H29F3N4O4/c1-15(20-10-17(12-30)6-9-22(20)36-2)33-23-21(26(27,28)29)11-19(14-31-23)24(34)32-13-16-4-7-18(8-5-16)25(35)37-3/h6,9-11,14-16,18H,4-5,7-8,13H2,1-3H3,(H,31,33)(H,32,34)/t15?,16-,18-. The van der Waals surface area contributed by atoms with Crippen LogP contribution in [0.3, 0.4) is 0 Å². The van der Waals surface area contributed by atoms with Crippen LogP contribution in [0, 0.1) is 23.2 Å². The van der Waals surface area contributed by atoms with E-state index in [1.54, 1.807) is 19.1 Å². The zero-order chi connectivity index (χ0) is 27.2. The van der Waals surface area contributed by atoms with Crippen molar-refractivity contribution < 1.29 is 32.2 Å². The highest BCUT2D eigenvalue weighted by Gasteiger charge is 2.36. The van der Waals surface area contributed by atoms with Crippen LogP contribution >= 0.6 is 0 Å². The number of rotatable bonds is 8. The molecule has 8 nitrogen and oxygen atoms in total. The van der Waals surface area contributed by atoms with Crippen molar-refractivity contribution in [3.8, 4) is 11.8 Å². The van der Waals surface area contributed by atoms with Gasteiger partial charge in [-0.15, -0.1) is 0 Å². The van der Waals surface area contributed by atoms with Gasteiger partial charge in [0.2, 0.25) is 0 Å². The lowest BCUT2D eigenvalue weighted by molar-refractivity contribution is -0.146. The number of hydrogen-bond donors (Lipinski definition) is 2. The van der Waals surface area contributed by atoms with Gasteiger partial charge in [0.05, 0.1) is 48.9 Å². The van der Waals surface area contributed by atoms with Crippen molar-refractivity contribution in [3.63, 3.8) is 0 Å². The molecule has 0 radical (unpaired) electrons. The van der Waals surface area contributed by atoms with E-state index in [2.05, 4.69) is 15.6 Å². The predicted octanol–water partition coefficient (Wildman–Crippen LogP) is 4.86. The highest BCUT2D eigenvalue weighted by Crippen LogP contribution is 2.37. The zero-order valence-corrected chi connectivity index (χ0v) is 20.8. The summed E-state index contributed by atoms with van der Waals surface area (Å²) in [5.74, 6) is -0.962. The van der Waals surface area contributed by atoms with E-state index in [0.29, 0.717) is 49.1 Å². The first-order valence-corrected chi connectivity index (χ1v) is 11.8. The molecule has 198 valence electrons. The molecule has 0 saturated heterocycles. The number of nitrogens with one attached hydrogen (secondary N) is 2. The van der Waals surface area contributed by atoms with Gasteiger partial charge >= 0.3 is 12.1 Å². The van der Waals surface area contributed by atoms with Gasteiger partial charge in [-0.3, -0.25) is 9.59 Å². The van der Waals surface area contributed by atoms with Gasteiger partial charge in [-0.05, 0) is 62.8 Å². The molecule has 1 atom stereocenters. The number of methoxy groups -OCH3 is 2. The summed E-state index contributed by atoms with van der Waals surface area (Å²) in [5.41, 5.74) is -0.474. The van der Waals surface area contributed by atoms with Crippen LogP contribution in [0.25, 0.3) is 0 Å². The highest BCUT2D eigenvalue weighted by atomic mass is 19.4. The molecular weight excluding hydrogens is 489 g/mol. The molecule has 2 aromatic rings. The molecule has 2 N–H and O–H groups in total. The Balaban J connectivity index is 1.72. The van der Waals surface area contributed by atoms with E-state index in [1.165, 1.54) is 20.3 Å². The van der Waals surface area contributed by atoms with Crippen LogP contribution in [0.1, 0.15) is 65.7 Å². The molecule has 1 aromatic carbocycles. The van der Waals surface area contributed by atoms with Gasteiger partial charge in [0.1, 0.15) is 11.6 Å². The van der Waals surface area contributed by atoms with Crippen molar-refractivity contribution >= 4 is 17.7 Å². The third kappa shape index (κ3) is 6.90. The highest BCUT2D eigenvalue weighted by molar-refractivity contribution is 5.94. The Labute approximate surface area is 213 Å². The Morgan fingerprint density at radius 2 is 1.89 bits per heavy atom. The van der Waals surface area contributed by atoms with Crippen LogP contribution in [0.15, 0.2) is 30.5 Å². The average Bonchev–Trinajstić information content (AvgIpc) is 2.90. The molecule has 1 heterocycles. The van der Waals surface area contributed by atoms with Crippen LogP contribution in [-0.4, -0.2) is 37.6 Å². The van der Waals surface area contributed by atoms with E-state index < -0.39 is 29.5 Å². The number of pyridine rings is 1. The van der Waals surface area contributed by atoms with Gasteiger partial charge in [-0.1, -0.05) is 0 Å². The third-order valence-electron chi connectivity index (χ3n) is 6.57. The maximum atomic E-state index is 13.9. The van der Waals surface area contributed by atoms with Crippen LogP contribution in [-0.2, 0) is 15.7 Å². The number of carbonyl (C=O) groups is 2. The topological polar surface area (TPSA) is 113 Å². The number of benzene rings is 1. The van der Waals surface area contributed by atoms with Crippen LogP contribution in [0.4, 0.5) is 19.0 Å². The molecule has 3 rings (SSSR count). The third-order valence-corrected chi connectivity index (χ3v) is 6.57. The summed E-state index contributed by atoms with van der Waals surface area (Å²) in [4.78, 5) is 28.2. The number of amides is 1. The van der Waals surface area contributed by atoms with E-state index in [4.69, 9.17) is 9.47 Å². The Bertz CT molecular complexity index is 1170. The molecular formula is C26H29F3N4O4. The minimum atomic E-state index is -4.77. The van der Waals surface area contributed by atoms with Gasteiger partial charge in [0, 0.05) is 18.3 Å². The first-order valence-electron chi connectivity index (χ1n) is 11.8. The summed E-state index contributed by atoms with van der Waals surface area (Å²) in [6.45, 7) is 1.91. The maximum Gasteiger partial charge on any atom is 0.419 e. The fourth-order valence-corrected chi connectivity index (χ4v) is 4.45. The molecule has 1 aromatic heterocycles. The number of halogens is 3. The fourth-order valence-electron chi connectivity index (χ4n) is 4.45. The zero-order valence-electron chi connectivity index (χ0n) is 20.8. The summed E-state index contributed by atoms with van der Waals surface area (Å²) in [6, 6.07) is 6.73. The second-order valence-electron chi connectivity index (χ2n) is 9.00. The number of nitriles is 1. The van der Waals surface area contributed by atoms with Gasteiger partial charge in [-0.2, -0.15) is 18.4 Å². The summed E-state index contributed by atoms with van der Waals surface area (Å²) < 4.78 is 51.8. The minimum Gasteiger partial charge on any atom is -0.496 e. The predicted molar refractivity (Wildman–Crippen MR) is 129 cm³/mol. The minimum absolute atomic E-state index is 0.126. The van der Waals surface area contributed by atoms with E-state index >= 15 is 0 Å². The van der Waals surface area contributed by atoms with Crippen LogP contribution in [0.5, 0.6) is 5.75 Å². The van der Waals surface area contributed by atoms with E-state index in [9.17, 15) is 28.0 Å². The quantitative estimate of drug-likeness (QED) is 0.480. The largest absolute Gasteiger partial charge is 0.496 e. The summed E-state index contributed by atoms with van der Waals surface area (Å²) in [5, 5.41) is 14.6. The average molecular weight is 519 g/mol. The maximum absolute atomic E-state index is 13.9. The van der Waals surface area contributed by atoms with E-state index in [0.717, 1.165) is 12.3 Å². The number of hydrogen-bond acceptors (Lipinski definition) is 7. The van der Waals surface area contributed by atoms with Crippen LogP contribution < -0.4 is 15.4 Å². The Morgan fingerprint density at radius 1 is 1.19 bits per heavy atom. The number of anilines is 1. The van der Waals surface area contributed by atoms with Crippen molar-refractivity contribution in [1.29, 1.82) is 5.26 Å².